The molecule has 14 N–H and O–H groups in total. The van der Waals surface area contributed by atoms with Crippen molar-refractivity contribution in [3.63, 3.8) is 0 Å². The Bertz CT molecular complexity index is 1110. The maximum Gasteiger partial charge on any atom is 0.466 e. The fourth-order valence-electron chi connectivity index (χ4n) is 2.39. The summed E-state index contributed by atoms with van der Waals surface area (Å²) in [5.74, 6) is 2.29. The van der Waals surface area contributed by atoms with Gasteiger partial charge in [0, 0.05) is 0 Å². The number of nitrogens with two attached hydrogens (primary N) is 1. The Labute approximate surface area is 199 Å². The van der Waals surface area contributed by atoms with Crippen LogP contribution in [0.15, 0.2) is 12.7 Å². The van der Waals surface area contributed by atoms with Crippen molar-refractivity contribution in [2.45, 2.75) is 24.0 Å². The van der Waals surface area contributed by atoms with Crippen molar-refractivity contribution in [3.8, 4) is 12.3 Å². The number of aromatic nitrogens is 4. The number of anilines is 1. The van der Waals surface area contributed by atoms with E-state index in [4.69, 9.17) is 74.6 Å². The van der Waals surface area contributed by atoms with E-state index in [1.165, 1.54) is 17.2 Å². The first-order chi connectivity index (χ1) is 16.0. The summed E-state index contributed by atoms with van der Waals surface area (Å²) in [6, 6.07) is 0. The van der Waals surface area contributed by atoms with Crippen molar-refractivity contribution in [3.05, 3.63) is 12.7 Å². The van der Waals surface area contributed by atoms with E-state index < -0.39 is 54.1 Å². The molecule has 2 aromatic heterocycles. The van der Waals surface area contributed by atoms with Crippen LogP contribution in [0.5, 0.6) is 0 Å². The van der Waals surface area contributed by atoms with Gasteiger partial charge in [-0.15, -0.1) is 6.42 Å². The van der Waals surface area contributed by atoms with Gasteiger partial charge < -0.3 is 69.8 Å². The van der Waals surface area contributed by atoms with Crippen molar-refractivity contribution in [1.29, 1.82) is 0 Å². The molecule has 2 aromatic rings. The van der Waals surface area contributed by atoms with E-state index in [9.17, 15) is 15.3 Å². The van der Waals surface area contributed by atoms with E-state index in [-0.39, 0.29) is 5.82 Å². The molecule has 36 heavy (non-hydrogen) atoms. The molecule has 206 valence electrons. The summed E-state index contributed by atoms with van der Waals surface area (Å²) < 4.78 is 33.5. The van der Waals surface area contributed by atoms with Crippen LogP contribution in [0, 0.1) is 12.3 Å². The Morgan fingerprint density at radius 1 is 1.00 bits per heavy atom. The number of imidazole rings is 1. The number of nitrogen functional groups attached to an aromatic ring is 1. The van der Waals surface area contributed by atoms with Crippen LogP contribution in [0.4, 0.5) is 5.82 Å². The van der Waals surface area contributed by atoms with E-state index >= 15 is 0 Å². The van der Waals surface area contributed by atoms with Crippen molar-refractivity contribution < 1.29 is 77.8 Å². The van der Waals surface area contributed by atoms with Crippen LogP contribution in [-0.4, -0.2) is 103 Å². The van der Waals surface area contributed by atoms with Crippen LogP contribution < -0.4 is 5.73 Å². The number of fused-ring (bicyclic) bond motifs is 1. The van der Waals surface area contributed by atoms with Gasteiger partial charge in [-0.2, -0.15) is 0 Å². The molecule has 0 bridgehead atoms. The third-order valence-electron chi connectivity index (χ3n) is 3.53. The van der Waals surface area contributed by atoms with Gasteiger partial charge in [-0.1, -0.05) is 5.92 Å². The summed E-state index contributed by atoms with van der Waals surface area (Å²) in [5.41, 5.74) is 4.28. The van der Waals surface area contributed by atoms with Crippen LogP contribution in [0.25, 0.3) is 11.2 Å². The number of hydrogen-bond acceptors (Lipinski definition) is 11. The normalized spacial score (nSPS) is 23.8. The van der Waals surface area contributed by atoms with Crippen LogP contribution >= 0.6 is 23.5 Å². The zero-order valence-electron chi connectivity index (χ0n) is 17.4. The highest BCUT2D eigenvalue weighted by molar-refractivity contribution is 7.45. The number of aliphatic hydroxyl groups is 3. The third-order valence-corrected chi connectivity index (χ3v) is 3.53. The minimum atomic E-state index is -4.64. The maximum absolute atomic E-state index is 10.5. The van der Waals surface area contributed by atoms with Gasteiger partial charge in [-0.25, -0.2) is 28.6 Å². The Hall–Kier alpha value is -1.92. The molecule has 0 aliphatic carbocycles. The molecule has 1 aliphatic heterocycles. The quantitative estimate of drug-likeness (QED) is 0.116. The number of nitrogens with zero attached hydrogens (tertiary/aromatic N) is 4. The number of ether oxygens (including phenoxy) is 1. The lowest BCUT2D eigenvalue weighted by molar-refractivity contribution is -0.0721. The Balaban J connectivity index is 0.000000672. The van der Waals surface area contributed by atoms with Crippen LogP contribution in [0.1, 0.15) is 6.23 Å². The zero-order chi connectivity index (χ0) is 28.7. The lowest BCUT2D eigenvalue weighted by Gasteiger charge is -2.26. The molecule has 0 radical (unpaired) electrons. The van der Waals surface area contributed by atoms with E-state index in [1.807, 2.05) is 0 Å². The van der Waals surface area contributed by atoms with Crippen LogP contribution in [0.3, 0.4) is 0 Å². The first-order valence-corrected chi connectivity index (χ1v) is 13.1. The molecular weight excluding hydrogens is 563 g/mol. The topological polar surface area (TPSA) is 373 Å². The molecule has 0 saturated carbocycles. The zero-order valence-corrected chi connectivity index (χ0v) is 20.1. The van der Waals surface area contributed by atoms with Crippen molar-refractivity contribution in [1.82, 2.24) is 19.5 Å². The second-order valence-corrected chi connectivity index (χ2v) is 9.33. The third kappa shape index (κ3) is 12.4. The number of terminal acetylenes is 1. The minimum Gasteiger partial charge on any atom is -0.394 e. The Kier molecular flexibility index (Phi) is 12.4. The van der Waals surface area contributed by atoms with E-state index in [0.717, 1.165) is 0 Å². The molecule has 24 heteroatoms. The molecule has 0 amide bonds. The monoisotopic (exact) mass is 585 g/mol. The summed E-state index contributed by atoms with van der Waals surface area (Å²) in [4.78, 5) is 76.6. The first kappa shape index (κ1) is 34.1. The number of aliphatic hydroxyl groups excluding tert-OH is 2. The van der Waals surface area contributed by atoms with Gasteiger partial charge in [0.25, 0.3) is 0 Å². The standard InChI is InChI=1S/C12H13N5O4.3H3O4P/c1-2-12(20)8(19)6(3-18)21-11(12)17-5-16-7-9(13)14-4-15-10(7)17;3*1-5(2,3)4/h1,4-6,8,11,18-20H,3H2,(H2,13,14,15);3*(H3,1,2,3,4)/t6-,8-,11-,12+;;;/m1.../s1. The van der Waals surface area contributed by atoms with Crippen molar-refractivity contribution >= 4 is 40.4 Å². The largest absolute Gasteiger partial charge is 0.466 e. The fraction of sp³-hybridized carbons (Fsp3) is 0.417. The van der Waals surface area contributed by atoms with Gasteiger partial charge in [0.1, 0.15) is 24.1 Å². The SMILES string of the molecule is C#C[C@]1(O)[C@H](O)[C@@H](CO)O[C@H]1n1cnc2c(N)ncnc21.O=P(O)(O)O.O=P(O)(O)O.O=P(O)(O)O. The highest BCUT2D eigenvalue weighted by Crippen LogP contribution is 2.39. The van der Waals surface area contributed by atoms with E-state index in [1.54, 1.807) is 0 Å². The predicted molar refractivity (Wildman–Crippen MR) is 113 cm³/mol. The highest BCUT2D eigenvalue weighted by Gasteiger charge is 2.55. The predicted octanol–water partition coefficient (Wildman–Crippen LogP) is -4.76. The summed E-state index contributed by atoms with van der Waals surface area (Å²) in [7, 11) is -13.9. The van der Waals surface area contributed by atoms with E-state index in [2.05, 4.69) is 20.9 Å². The molecular formula is C12H22N5O16P3. The second kappa shape index (κ2) is 13.0. The number of rotatable bonds is 2. The average molecular weight is 585 g/mol. The van der Waals surface area contributed by atoms with Gasteiger partial charge in [0.15, 0.2) is 23.3 Å². The molecule has 0 aromatic carbocycles. The summed E-state index contributed by atoms with van der Waals surface area (Å²) in [6.07, 6.45) is 4.27. The van der Waals surface area contributed by atoms with Crippen LogP contribution in [0.2, 0.25) is 0 Å². The molecule has 0 unspecified atom stereocenters. The molecule has 4 atom stereocenters. The number of phosphoric acid groups is 3. The Morgan fingerprint density at radius 3 is 1.83 bits per heavy atom. The highest BCUT2D eigenvalue weighted by atomic mass is 31.2. The van der Waals surface area contributed by atoms with Gasteiger partial charge in [-0.3, -0.25) is 4.57 Å². The molecule has 3 heterocycles. The smallest absolute Gasteiger partial charge is 0.394 e. The molecule has 1 aliphatic rings. The lowest BCUT2D eigenvalue weighted by Crippen LogP contribution is -2.45. The summed E-state index contributed by atoms with van der Waals surface area (Å²) >= 11 is 0. The first-order valence-electron chi connectivity index (χ1n) is 8.45. The number of hydrogen-bond donors (Lipinski definition) is 13. The van der Waals surface area contributed by atoms with Gasteiger partial charge in [-0.05, 0) is 0 Å². The molecule has 1 saturated heterocycles. The lowest BCUT2D eigenvalue weighted by atomic mass is 9.95. The van der Waals surface area contributed by atoms with E-state index in [0.29, 0.717) is 11.2 Å². The minimum absolute atomic E-state index is 0.167. The summed E-state index contributed by atoms with van der Waals surface area (Å²) in [6.45, 7) is -0.495. The van der Waals surface area contributed by atoms with Crippen LogP contribution in [-0.2, 0) is 18.4 Å². The van der Waals surface area contributed by atoms with Gasteiger partial charge in [0.2, 0.25) is 0 Å². The molecule has 1 fully saturated rings. The second-order valence-electron chi connectivity index (χ2n) is 6.25. The summed E-state index contributed by atoms with van der Waals surface area (Å²) in [5, 5.41) is 29.7. The van der Waals surface area contributed by atoms with Gasteiger partial charge in [0.05, 0.1) is 12.9 Å². The molecule has 0 spiro atoms. The maximum atomic E-state index is 10.5. The molecule has 21 nitrogen and oxygen atoms in total. The Morgan fingerprint density at radius 2 is 1.44 bits per heavy atom. The van der Waals surface area contributed by atoms with Gasteiger partial charge >= 0.3 is 23.5 Å². The fourth-order valence-corrected chi connectivity index (χ4v) is 2.39. The van der Waals surface area contributed by atoms with Crippen molar-refractivity contribution in [2.24, 2.45) is 0 Å². The van der Waals surface area contributed by atoms with Crippen molar-refractivity contribution in [2.75, 3.05) is 12.3 Å². The molecule has 3 rings (SSSR count). The average Bonchev–Trinajstić information content (AvgIpc) is 3.19.